The van der Waals surface area contributed by atoms with Crippen LogP contribution in [0.3, 0.4) is 0 Å². The van der Waals surface area contributed by atoms with Crippen LogP contribution in [0, 0.1) is 0 Å². The van der Waals surface area contributed by atoms with Crippen molar-refractivity contribution >= 4 is 17.1 Å². The van der Waals surface area contributed by atoms with E-state index < -0.39 is 0 Å². The van der Waals surface area contributed by atoms with E-state index in [-0.39, 0.29) is 29.4 Å². The van der Waals surface area contributed by atoms with Gasteiger partial charge < -0.3 is 15.2 Å². The molecular weight excluding hydrogens is 250 g/mol. The Hall–Kier alpha value is -1.93. The zero-order valence-electron chi connectivity index (χ0n) is 10.5. The molecule has 2 atom stereocenters. The van der Waals surface area contributed by atoms with Crippen molar-refractivity contribution in [2.75, 3.05) is 19.5 Å². The molecule has 3 rings (SSSR count). The first-order valence-corrected chi connectivity index (χ1v) is 6.05. The van der Waals surface area contributed by atoms with Gasteiger partial charge in [-0.1, -0.05) is 0 Å². The largest absolute Gasteiger partial charge is 0.382 e. The van der Waals surface area contributed by atoms with Crippen LogP contribution < -0.4 is 11.3 Å². The van der Waals surface area contributed by atoms with E-state index in [2.05, 4.69) is 15.0 Å². The minimum Gasteiger partial charge on any atom is -0.382 e. The summed E-state index contributed by atoms with van der Waals surface area (Å²) in [5, 5.41) is 0. The minimum absolute atomic E-state index is 0.0618. The minimum atomic E-state index is -0.340. The van der Waals surface area contributed by atoms with Crippen molar-refractivity contribution in [1.29, 1.82) is 0 Å². The van der Waals surface area contributed by atoms with E-state index in [4.69, 9.17) is 15.2 Å². The lowest BCUT2D eigenvalue weighted by molar-refractivity contribution is -0.0300. The van der Waals surface area contributed by atoms with Crippen molar-refractivity contribution in [2.24, 2.45) is 0 Å². The van der Waals surface area contributed by atoms with Crippen molar-refractivity contribution in [2.45, 2.75) is 25.2 Å². The average molecular weight is 265 g/mol. The van der Waals surface area contributed by atoms with Gasteiger partial charge in [-0.3, -0.25) is 14.3 Å². The predicted molar refractivity (Wildman–Crippen MR) is 67.6 cm³/mol. The molecule has 0 amide bonds. The van der Waals surface area contributed by atoms with E-state index in [1.807, 2.05) is 0 Å². The second-order valence-electron chi connectivity index (χ2n) is 4.52. The number of nitrogens with two attached hydrogens (primary N) is 1. The summed E-state index contributed by atoms with van der Waals surface area (Å²) in [5.41, 5.74) is 5.94. The fourth-order valence-electron chi connectivity index (χ4n) is 2.35. The number of imidazole rings is 1. The summed E-state index contributed by atoms with van der Waals surface area (Å²) < 4.78 is 12.7. The number of H-pyrrole nitrogens is 1. The molecule has 8 nitrogen and oxygen atoms in total. The Balaban J connectivity index is 1.96. The number of fused-ring (bicyclic) bond motifs is 1. The fourth-order valence-corrected chi connectivity index (χ4v) is 2.35. The lowest BCUT2D eigenvalue weighted by Crippen LogP contribution is -2.16. The Morgan fingerprint density at radius 2 is 2.47 bits per heavy atom. The number of hydrogen-bond donors (Lipinski definition) is 2. The van der Waals surface area contributed by atoms with Gasteiger partial charge >= 0.3 is 0 Å². The number of methoxy groups -OCH3 is 1. The van der Waals surface area contributed by atoms with Crippen molar-refractivity contribution in [3.8, 4) is 0 Å². The molecule has 19 heavy (non-hydrogen) atoms. The number of nitrogens with one attached hydrogen (secondary N) is 1. The van der Waals surface area contributed by atoms with E-state index in [1.54, 1.807) is 18.0 Å². The molecule has 0 radical (unpaired) electrons. The van der Waals surface area contributed by atoms with Crippen LogP contribution in [0.2, 0.25) is 0 Å². The SMILES string of the molecule is COCC1CC[C@H](n2cnc3c(=O)[nH]c(N)nc32)O1. The molecule has 0 aliphatic carbocycles. The smallest absolute Gasteiger partial charge is 0.280 e. The lowest BCUT2D eigenvalue weighted by Gasteiger charge is -2.14. The molecule has 3 N–H and O–H groups in total. The molecule has 0 spiro atoms. The molecule has 1 fully saturated rings. The van der Waals surface area contributed by atoms with E-state index in [9.17, 15) is 4.79 Å². The Labute approximate surface area is 108 Å². The zero-order chi connectivity index (χ0) is 13.4. The summed E-state index contributed by atoms with van der Waals surface area (Å²) in [5.74, 6) is 0.0747. The van der Waals surface area contributed by atoms with Gasteiger partial charge in [0.2, 0.25) is 5.95 Å². The second-order valence-corrected chi connectivity index (χ2v) is 4.52. The molecule has 2 aromatic heterocycles. The molecule has 8 heteroatoms. The number of rotatable bonds is 3. The van der Waals surface area contributed by atoms with Gasteiger partial charge in [0.15, 0.2) is 11.2 Å². The summed E-state index contributed by atoms with van der Waals surface area (Å²) in [4.78, 5) is 22.3. The van der Waals surface area contributed by atoms with Gasteiger partial charge in [0.25, 0.3) is 5.56 Å². The molecule has 3 heterocycles. The standard InChI is InChI=1S/C11H15N5O3/c1-18-4-6-2-3-7(19-6)16-5-13-8-9(16)14-11(12)15-10(8)17/h5-7H,2-4H2,1H3,(H3,12,14,15,17)/t6?,7-/m1/s1. The van der Waals surface area contributed by atoms with Gasteiger partial charge in [-0.15, -0.1) is 0 Å². The van der Waals surface area contributed by atoms with Crippen LogP contribution in [0.4, 0.5) is 5.95 Å². The third-order valence-electron chi connectivity index (χ3n) is 3.20. The highest BCUT2D eigenvalue weighted by atomic mass is 16.5. The Kier molecular flexibility index (Phi) is 2.96. The first-order valence-electron chi connectivity index (χ1n) is 6.05. The van der Waals surface area contributed by atoms with Gasteiger partial charge in [0, 0.05) is 7.11 Å². The zero-order valence-corrected chi connectivity index (χ0v) is 10.5. The highest BCUT2D eigenvalue weighted by Crippen LogP contribution is 2.29. The van der Waals surface area contributed by atoms with Gasteiger partial charge in [-0.05, 0) is 12.8 Å². The van der Waals surface area contributed by atoms with Crippen molar-refractivity contribution in [1.82, 2.24) is 19.5 Å². The van der Waals surface area contributed by atoms with Gasteiger partial charge in [-0.2, -0.15) is 4.98 Å². The van der Waals surface area contributed by atoms with Crippen LogP contribution in [-0.4, -0.2) is 39.3 Å². The Morgan fingerprint density at radius 1 is 1.63 bits per heavy atom. The monoisotopic (exact) mass is 265 g/mol. The first kappa shape index (κ1) is 12.1. The summed E-state index contributed by atoms with van der Waals surface area (Å²) in [6.07, 6.45) is 3.17. The maximum absolute atomic E-state index is 11.7. The Bertz CT molecular complexity index is 649. The fraction of sp³-hybridized carbons (Fsp3) is 0.545. The van der Waals surface area contributed by atoms with E-state index in [0.717, 1.165) is 12.8 Å². The van der Waals surface area contributed by atoms with Crippen LogP contribution >= 0.6 is 0 Å². The van der Waals surface area contributed by atoms with Crippen LogP contribution in [0.25, 0.3) is 11.2 Å². The van der Waals surface area contributed by atoms with E-state index in [0.29, 0.717) is 12.3 Å². The van der Waals surface area contributed by atoms with Crippen LogP contribution in [-0.2, 0) is 9.47 Å². The normalized spacial score (nSPS) is 23.2. The Morgan fingerprint density at radius 3 is 3.26 bits per heavy atom. The van der Waals surface area contributed by atoms with Crippen molar-refractivity contribution in [3.05, 3.63) is 16.7 Å². The molecule has 1 aliphatic rings. The van der Waals surface area contributed by atoms with Crippen LogP contribution in [0.1, 0.15) is 19.1 Å². The third kappa shape index (κ3) is 2.08. The van der Waals surface area contributed by atoms with Crippen molar-refractivity contribution < 1.29 is 9.47 Å². The second kappa shape index (κ2) is 4.63. The molecule has 1 saturated heterocycles. The van der Waals surface area contributed by atoms with E-state index in [1.165, 1.54) is 0 Å². The molecular formula is C11H15N5O3. The molecule has 102 valence electrons. The summed E-state index contributed by atoms with van der Waals surface area (Å²) in [6.45, 7) is 0.555. The predicted octanol–water partition coefficient (Wildman–Crippen LogP) is 0.0258. The maximum Gasteiger partial charge on any atom is 0.280 e. The number of aromatic amines is 1. The molecule has 0 bridgehead atoms. The molecule has 1 unspecified atom stereocenters. The molecule has 0 aromatic carbocycles. The molecule has 0 saturated carbocycles. The quantitative estimate of drug-likeness (QED) is 0.810. The maximum atomic E-state index is 11.7. The van der Waals surface area contributed by atoms with Crippen LogP contribution in [0.15, 0.2) is 11.1 Å². The molecule has 1 aliphatic heterocycles. The first-order chi connectivity index (χ1) is 9.19. The highest BCUT2D eigenvalue weighted by Gasteiger charge is 2.28. The summed E-state index contributed by atoms with van der Waals surface area (Å²) in [6, 6.07) is 0. The lowest BCUT2D eigenvalue weighted by atomic mass is 10.2. The van der Waals surface area contributed by atoms with Gasteiger partial charge in [-0.25, -0.2) is 4.98 Å². The summed E-state index contributed by atoms with van der Waals surface area (Å²) in [7, 11) is 1.64. The van der Waals surface area contributed by atoms with Crippen molar-refractivity contribution in [3.63, 3.8) is 0 Å². The topological polar surface area (TPSA) is 108 Å². The van der Waals surface area contributed by atoms with E-state index >= 15 is 0 Å². The third-order valence-corrected chi connectivity index (χ3v) is 3.20. The number of ether oxygens (including phenoxy) is 2. The summed E-state index contributed by atoms with van der Waals surface area (Å²) >= 11 is 0. The average Bonchev–Trinajstić information content (AvgIpc) is 2.95. The number of anilines is 1. The number of aromatic nitrogens is 4. The number of nitrogens with zero attached hydrogens (tertiary/aromatic N) is 3. The van der Waals surface area contributed by atoms with Crippen LogP contribution in [0.5, 0.6) is 0 Å². The van der Waals surface area contributed by atoms with Gasteiger partial charge in [0.05, 0.1) is 19.0 Å². The van der Waals surface area contributed by atoms with Gasteiger partial charge in [0.1, 0.15) is 6.23 Å². The molecule has 2 aromatic rings. The highest BCUT2D eigenvalue weighted by molar-refractivity contribution is 5.70. The number of nitrogen functional groups attached to an aromatic ring is 1. The number of hydrogen-bond acceptors (Lipinski definition) is 6.